The summed E-state index contributed by atoms with van der Waals surface area (Å²) in [5, 5.41) is 14.2. The van der Waals surface area contributed by atoms with Crippen LogP contribution in [0.15, 0.2) is 41.1 Å². The number of amides is 1. The molecular weight excluding hydrogens is 556 g/mol. The van der Waals surface area contributed by atoms with Crippen LogP contribution in [0.3, 0.4) is 0 Å². The zero-order valence-electron chi connectivity index (χ0n) is 21.3. The number of rotatable bonds is 4. The van der Waals surface area contributed by atoms with Gasteiger partial charge in [-0.25, -0.2) is 14.6 Å². The van der Waals surface area contributed by atoms with Crippen molar-refractivity contribution in [1.82, 2.24) is 14.8 Å². The van der Waals surface area contributed by atoms with Crippen molar-refractivity contribution in [2.24, 2.45) is 5.92 Å². The summed E-state index contributed by atoms with van der Waals surface area (Å²) >= 11 is 0. The van der Waals surface area contributed by atoms with Gasteiger partial charge < -0.3 is 24.3 Å². The largest absolute Gasteiger partial charge is 0.490 e. The number of hydrogen-bond donors (Lipinski definition) is 2. The van der Waals surface area contributed by atoms with Crippen LogP contribution in [-0.2, 0) is 9.59 Å². The molecule has 0 saturated carbocycles. The molecular formula is C24H27F6N3O7. The minimum Gasteiger partial charge on any atom is -0.477 e. The number of carboxylic acids is 2. The Hall–Kier alpha value is -3.82. The number of aryl methyl sites for hydroxylation is 1. The maximum Gasteiger partial charge on any atom is 0.490 e. The lowest BCUT2D eigenvalue weighted by Gasteiger charge is -2.58. The van der Waals surface area contributed by atoms with Crippen molar-refractivity contribution in [2.45, 2.75) is 37.7 Å². The van der Waals surface area contributed by atoms with Gasteiger partial charge in [-0.3, -0.25) is 9.69 Å². The predicted octanol–water partition coefficient (Wildman–Crippen LogP) is 3.87. The molecule has 0 aliphatic carbocycles. The summed E-state index contributed by atoms with van der Waals surface area (Å²) in [6.07, 6.45) is -4.69. The third-order valence-corrected chi connectivity index (χ3v) is 6.25. The highest BCUT2D eigenvalue weighted by Crippen LogP contribution is 2.39. The Kier molecular flexibility index (Phi) is 10.5. The lowest BCUT2D eigenvalue weighted by atomic mass is 9.75. The van der Waals surface area contributed by atoms with E-state index in [2.05, 4.69) is 16.9 Å². The van der Waals surface area contributed by atoms with Crippen LogP contribution in [0.25, 0.3) is 0 Å². The highest BCUT2D eigenvalue weighted by Gasteiger charge is 2.51. The molecule has 2 fully saturated rings. The van der Waals surface area contributed by atoms with E-state index in [0.717, 1.165) is 38.0 Å². The van der Waals surface area contributed by atoms with Gasteiger partial charge in [-0.2, -0.15) is 26.3 Å². The summed E-state index contributed by atoms with van der Waals surface area (Å²) in [4.78, 5) is 38.9. The zero-order chi connectivity index (χ0) is 30.3. The van der Waals surface area contributed by atoms with Crippen molar-refractivity contribution in [3.8, 4) is 5.88 Å². The number of carbonyl (C=O) groups excluding carboxylic acids is 1. The second-order valence-electron chi connectivity index (χ2n) is 9.18. The fourth-order valence-electron chi connectivity index (χ4n) is 4.10. The molecule has 2 aliphatic heterocycles. The molecule has 40 heavy (non-hydrogen) atoms. The first-order chi connectivity index (χ1) is 18.5. The molecule has 2 aromatic heterocycles. The maximum absolute atomic E-state index is 12.6. The fourth-order valence-corrected chi connectivity index (χ4v) is 4.10. The molecule has 1 unspecified atom stereocenters. The average molecular weight is 583 g/mol. The minimum absolute atomic E-state index is 0.00150. The number of halogens is 6. The number of pyridine rings is 1. The smallest absolute Gasteiger partial charge is 0.477 e. The first kappa shape index (κ1) is 32.4. The monoisotopic (exact) mass is 583 g/mol. The SMILES string of the molecule is Cc1ccoc1C(=O)N1CC2(CC(COc3ccccn3)CCN2C)C1.O=C(O)C(F)(F)F.O=C(O)C(F)(F)F. The molecule has 16 heteroatoms. The third kappa shape index (κ3) is 8.86. The van der Waals surface area contributed by atoms with Crippen molar-refractivity contribution in [3.63, 3.8) is 0 Å². The third-order valence-electron chi connectivity index (χ3n) is 6.25. The highest BCUT2D eigenvalue weighted by molar-refractivity contribution is 5.93. The summed E-state index contributed by atoms with van der Waals surface area (Å²) in [7, 11) is 2.16. The molecule has 4 heterocycles. The number of carboxylic acid groups (broad SMARTS) is 2. The van der Waals surface area contributed by atoms with Crippen molar-refractivity contribution < 1.29 is 60.1 Å². The van der Waals surface area contributed by atoms with Gasteiger partial charge in [0.2, 0.25) is 5.88 Å². The molecule has 1 atom stereocenters. The number of nitrogens with zero attached hydrogens (tertiary/aromatic N) is 3. The van der Waals surface area contributed by atoms with Crippen LogP contribution < -0.4 is 4.74 Å². The number of hydrogen-bond acceptors (Lipinski definition) is 7. The molecule has 0 radical (unpaired) electrons. The van der Waals surface area contributed by atoms with Gasteiger partial charge in [0.1, 0.15) is 0 Å². The number of aromatic nitrogens is 1. The molecule has 0 bridgehead atoms. The number of carbonyl (C=O) groups is 3. The van der Waals surface area contributed by atoms with E-state index in [1.165, 1.54) is 0 Å². The average Bonchev–Trinajstić information content (AvgIpc) is 3.28. The molecule has 4 rings (SSSR count). The molecule has 10 nitrogen and oxygen atoms in total. The van der Waals surface area contributed by atoms with Crippen LogP contribution >= 0.6 is 0 Å². The maximum atomic E-state index is 12.6. The Morgan fingerprint density at radius 3 is 2.10 bits per heavy atom. The Labute approximate surface area is 224 Å². The van der Waals surface area contributed by atoms with Crippen molar-refractivity contribution in [1.29, 1.82) is 0 Å². The van der Waals surface area contributed by atoms with Gasteiger partial charge in [-0.05, 0) is 51.4 Å². The number of piperidine rings is 1. The Morgan fingerprint density at radius 1 is 1.07 bits per heavy atom. The van der Waals surface area contributed by atoms with Crippen LogP contribution in [0.2, 0.25) is 0 Å². The van der Waals surface area contributed by atoms with E-state index >= 15 is 0 Å². The molecule has 2 aliphatic rings. The standard InChI is InChI=1S/C20H25N3O3.2C2HF3O2/c1-15-7-10-25-18(15)19(24)23-13-20(14-23)11-16(6-9-22(20)2)12-26-17-5-3-4-8-21-17;2*3-2(4,5)1(6)7/h3-5,7-8,10,16H,6,9,11-14H2,1-2H3;2*(H,6,7). The number of ether oxygens (including phenoxy) is 1. The molecule has 222 valence electrons. The highest BCUT2D eigenvalue weighted by atomic mass is 19.4. The van der Waals surface area contributed by atoms with Crippen LogP contribution in [0.4, 0.5) is 26.3 Å². The Bertz CT molecular complexity index is 1120. The van der Waals surface area contributed by atoms with E-state index in [0.29, 0.717) is 24.2 Å². The number of furan rings is 1. The van der Waals surface area contributed by atoms with Gasteiger partial charge in [-0.15, -0.1) is 0 Å². The van der Waals surface area contributed by atoms with E-state index in [-0.39, 0.29) is 11.4 Å². The molecule has 2 saturated heterocycles. The number of likely N-dealkylation sites (N-methyl/N-ethyl adjacent to an activating group) is 1. The van der Waals surface area contributed by atoms with Gasteiger partial charge in [0.05, 0.1) is 18.4 Å². The lowest BCUT2D eigenvalue weighted by Crippen LogP contribution is -2.72. The number of alkyl halides is 6. The van der Waals surface area contributed by atoms with E-state index < -0.39 is 24.3 Å². The van der Waals surface area contributed by atoms with Crippen molar-refractivity contribution in [2.75, 3.05) is 33.3 Å². The van der Waals surface area contributed by atoms with Crippen LogP contribution in [0, 0.1) is 12.8 Å². The van der Waals surface area contributed by atoms with Crippen molar-refractivity contribution >= 4 is 17.8 Å². The fraction of sp³-hybridized carbons (Fsp3) is 0.500. The van der Waals surface area contributed by atoms with E-state index in [9.17, 15) is 31.1 Å². The quantitative estimate of drug-likeness (QED) is 0.515. The first-order valence-corrected chi connectivity index (χ1v) is 11.6. The van der Waals surface area contributed by atoms with Gasteiger partial charge in [0, 0.05) is 30.9 Å². The van der Waals surface area contributed by atoms with Crippen LogP contribution in [0.5, 0.6) is 5.88 Å². The topological polar surface area (TPSA) is 133 Å². The summed E-state index contributed by atoms with van der Waals surface area (Å²) in [6, 6.07) is 7.54. The molecule has 2 N–H and O–H groups in total. The normalized spacial score (nSPS) is 18.4. The van der Waals surface area contributed by atoms with Crippen LogP contribution in [0.1, 0.15) is 29.0 Å². The van der Waals surface area contributed by atoms with Gasteiger partial charge in [0.15, 0.2) is 5.76 Å². The van der Waals surface area contributed by atoms with Gasteiger partial charge in [0.25, 0.3) is 5.91 Å². The van der Waals surface area contributed by atoms with Gasteiger partial charge >= 0.3 is 24.3 Å². The molecule has 0 aromatic carbocycles. The molecule has 2 aromatic rings. The first-order valence-electron chi connectivity index (χ1n) is 11.6. The van der Waals surface area contributed by atoms with E-state index in [4.69, 9.17) is 29.0 Å². The number of likely N-dealkylation sites (tertiary alicyclic amines) is 2. The van der Waals surface area contributed by atoms with Gasteiger partial charge in [-0.1, -0.05) is 6.07 Å². The van der Waals surface area contributed by atoms with Crippen LogP contribution in [-0.4, -0.2) is 94.0 Å². The van der Waals surface area contributed by atoms with Crippen molar-refractivity contribution in [3.05, 3.63) is 48.0 Å². The minimum atomic E-state index is -5.08. The summed E-state index contributed by atoms with van der Waals surface area (Å²) in [5.74, 6) is -3.89. The van der Waals surface area contributed by atoms with E-state index in [1.807, 2.05) is 36.1 Å². The second kappa shape index (κ2) is 13.0. The predicted molar refractivity (Wildman–Crippen MR) is 125 cm³/mol. The second-order valence-corrected chi connectivity index (χ2v) is 9.18. The number of aliphatic carboxylic acids is 2. The van der Waals surface area contributed by atoms with E-state index in [1.54, 1.807) is 12.5 Å². The summed E-state index contributed by atoms with van der Waals surface area (Å²) in [6.45, 7) is 5.12. The summed E-state index contributed by atoms with van der Waals surface area (Å²) in [5.41, 5.74) is 0.960. The Balaban J connectivity index is 0.000000333. The zero-order valence-corrected chi connectivity index (χ0v) is 21.3. The lowest BCUT2D eigenvalue weighted by molar-refractivity contribution is -0.193. The summed E-state index contributed by atoms with van der Waals surface area (Å²) < 4.78 is 74.7. The molecule has 1 amide bonds. The molecule has 1 spiro atoms. The Morgan fingerprint density at radius 2 is 1.65 bits per heavy atom.